The molecule has 1 N–H and O–H groups in total. The Bertz CT molecular complexity index is 1100. The van der Waals surface area contributed by atoms with Gasteiger partial charge in [0, 0.05) is 22.3 Å². The normalized spacial score (nSPS) is 11.1. The Morgan fingerprint density at radius 3 is 2.31 bits per heavy atom. The van der Waals surface area contributed by atoms with E-state index in [1.54, 1.807) is 18.0 Å². The SMILES string of the molecule is Cc1ccc(Sc2oc(C=Nc3ccc(Nc4ccccc4)cc3)cc2Br)cc1. The van der Waals surface area contributed by atoms with E-state index >= 15 is 0 Å². The number of nitrogens with zero attached hydrogens (tertiary/aromatic N) is 1. The quantitative estimate of drug-likeness (QED) is 0.295. The molecule has 0 aliphatic carbocycles. The van der Waals surface area contributed by atoms with E-state index in [0.29, 0.717) is 5.76 Å². The molecule has 4 aromatic rings. The molecular weight excluding hydrogens is 444 g/mol. The predicted molar refractivity (Wildman–Crippen MR) is 125 cm³/mol. The van der Waals surface area contributed by atoms with Crippen LogP contribution < -0.4 is 5.32 Å². The summed E-state index contributed by atoms with van der Waals surface area (Å²) >= 11 is 5.16. The van der Waals surface area contributed by atoms with Gasteiger partial charge in [-0.15, -0.1) is 0 Å². The van der Waals surface area contributed by atoms with Gasteiger partial charge in [-0.25, -0.2) is 0 Å². The van der Waals surface area contributed by atoms with E-state index in [4.69, 9.17) is 4.42 Å². The second-order valence-corrected chi connectivity index (χ2v) is 8.40. The van der Waals surface area contributed by atoms with Crippen LogP contribution >= 0.6 is 27.7 Å². The zero-order valence-corrected chi connectivity index (χ0v) is 18.2. The minimum Gasteiger partial charge on any atom is -0.447 e. The van der Waals surface area contributed by atoms with E-state index in [1.165, 1.54) is 5.56 Å². The van der Waals surface area contributed by atoms with Crippen LogP contribution in [-0.2, 0) is 0 Å². The fourth-order valence-electron chi connectivity index (χ4n) is 2.67. The van der Waals surface area contributed by atoms with Crippen LogP contribution in [0, 0.1) is 6.92 Å². The molecule has 3 nitrogen and oxygen atoms in total. The third-order valence-corrected chi connectivity index (χ3v) is 6.02. The first kappa shape index (κ1) is 19.6. The zero-order valence-electron chi connectivity index (χ0n) is 15.8. The molecule has 0 radical (unpaired) electrons. The Kier molecular flexibility index (Phi) is 6.17. The molecule has 1 heterocycles. The van der Waals surface area contributed by atoms with Crippen LogP contribution in [0.5, 0.6) is 0 Å². The van der Waals surface area contributed by atoms with Gasteiger partial charge < -0.3 is 9.73 Å². The first-order chi connectivity index (χ1) is 14.2. The lowest BCUT2D eigenvalue weighted by Gasteiger charge is -2.05. The molecular formula is C24H19BrN2OS. The molecule has 0 aliphatic heterocycles. The number of anilines is 2. The van der Waals surface area contributed by atoms with Crippen LogP contribution in [-0.4, -0.2) is 6.21 Å². The van der Waals surface area contributed by atoms with Crippen LogP contribution in [0.2, 0.25) is 0 Å². The average molecular weight is 463 g/mol. The van der Waals surface area contributed by atoms with Crippen LogP contribution in [0.3, 0.4) is 0 Å². The van der Waals surface area contributed by atoms with Crippen molar-refractivity contribution in [1.82, 2.24) is 0 Å². The van der Waals surface area contributed by atoms with Crippen LogP contribution in [0.15, 0.2) is 109 Å². The molecule has 0 unspecified atom stereocenters. The van der Waals surface area contributed by atoms with Crippen molar-refractivity contribution in [2.24, 2.45) is 4.99 Å². The minimum atomic E-state index is 0.706. The Labute approximate surface area is 183 Å². The van der Waals surface area contributed by atoms with E-state index in [2.05, 4.69) is 57.4 Å². The zero-order chi connectivity index (χ0) is 20.1. The average Bonchev–Trinajstić information content (AvgIpc) is 3.09. The molecule has 0 saturated carbocycles. The Morgan fingerprint density at radius 1 is 0.897 bits per heavy atom. The van der Waals surface area contributed by atoms with Crippen LogP contribution in [0.4, 0.5) is 17.1 Å². The second-order valence-electron chi connectivity index (χ2n) is 6.50. The first-order valence-corrected chi connectivity index (χ1v) is 10.8. The lowest BCUT2D eigenvalue weighted by molar-refractivity contribution is 0.466. The maximum atomic E-state index is 5.93. The largest absolute Gasteiger partial charge is 0.447 e. The summed E-state index contributed by atoms with van der Waals surface area (Å²) in [6.07, 6.45) is 1.74. The third-order valence-electron chi connectivity index (χ3n) is 4.18. The van der Waals surface area contributed by atoms with Gasteiger partial charge in [0.05, 0.1) is 16.4 Å². The number of halogens is 1. The van der Waals surface area contributed by atoms with E-state index in [0.717, 1.165) is 31.5 Å². The molecule has 0 amide bonds. The van der Waals surface area contributed by atoms with Gasteiger partial charge in [0.2, 0.25) is 0 Å². The number of hydrogen-bond acceptors (Lipinski definition) is 4. The van der Waals surface area contributed by atoms with Crippen molar-refractivity contribution in [2.75, 3.05) is 5.32 Å². The van der Waals surface area contributed by atoms with Crippen molar-refractivity contribution < 1.29 is 4.42 Å². The maximum Gasteiger partial charge on any atom is 0.179 e. The molecule has 3 aromatic carbocycles. The van der Waals surface area contributed by atoms with E-state index in [-0.39, 0.29) is 0 Å². The fourth-order valence-corrected chi connectivity index (χ4v) is 4.00. The van der Waals surface area contributed by atoms with Crippen molar-refractivity contribution in [1.29, 1.82) is 0 Å². The molecule has 0 spiro atoms. The van der Waals surface area contributed by atoms with Crippen molar-refractivity contribution >= 4 is 51.0 Å². The van der Waals surface area contributed by atoms with Crippen molar-refractivity contribution in [3.63, 3.8) is 0 Å². The van der Waals surface area contributed by atoms with Crippen LogP contribution in [0.25, 0.3) is 0 Å². The van der Waals surface area contributed by atoms with Crippen LogP contribution in [0.1, 0.15) is 11.3 Å². The smallest absolute Gasteiger partial charge is 0.179 e. The van der Waals surface area contributed by atoms with Gasteiger partial charge >= 0.3 is 0 Å². The van der Waals surface area contributed by atoms with Gasteiger partial charge in [-0.1, -0.05) is 47.7 Å². The summed E-state index contributed by atoms with van der Waals surface area (Å²) in [6, 6.07) is 28.4. The number of hydrogen-bond donors (Lipinski definition) is 1. The van der Waals surface area contributed by atoms with Gasteiger partial charge in [-0.2, -0.15) is 0 Å². The Balaban J connectivity index is 1.41. The monoisotopic (exact) mass is 462 g/mol. The van der Waals surface area contributed by atoms with E-state index < -0.39 is 0 Å². The lowest BCUT2D eigenvalue weighted by Crippen LogP contribution is -1.88. The number of aliphatic imine (C=N–C) groups is 1. The molecule has 4 rings (SSSR count). The molecule has 1 aromatic heterocycles. The number of furan rings is 1. The molecule has 0 aliphatic rings. The second kappa shape index (κ2) is 9.16. The summed E-state index contributed by atoms with van der Waals surface area (Å²) in [7, 11) is 0. The molecule has 0 bridgehead atoms. The highest BCUT2D eigenvalue weighted by molar-refractivity contribution is 9.10. The van der Waals surface area contributed by atoms with Crippen molar-refractivity contribution in [3.8, 4) is 0 Å². The van der Waals surface area contributed by atoms with E-state index in [1.807, 2.05) is 60.7 Å². The predicted octanol–water partition coefficient (Wildman–Crippen LogP) is 8.00. The Hall–Kier alpha value is -2.76. The molecule has 29 heavy (non-hydrogen) atoms. The molecule has 5 heteroatoms. The lowest BCUT2D eigenvalue weighted by atomic mass is 10.2. The highest BCUT2D eigenvalue weighted by atomic mass is 79.9. The molecule has 144 valence electrons. The van der Waals surface area contributed by atoms with Gasteiger partial charge in [-0.3, -0.25) is 4.99 Å². The molecule has 0 fully saturated rings. The number of para-hydroxylation sites is 1. The highest BCUT2D eigenvalue weighted by Crippen LogP contribution is 2.35. The van der Waals surface area contributed by atoms with Gasteiger partial charge in [0.1, 0.15) is 5.76 Å². The van der Waals surface area contributed by atoms with Crippen molar-refractivity contribution in [3.05, 3.63) is 101 Å². The van der Waals surface area contributed by atoms with Crippen molar-refractivity contribution in [2.45, 2.75) is 16.9 Å². The summed E-state index contributed by atoms with van der Waals surface area (Å²) < 4.78 is 6.85. The summed E-state index contributed by atoms with van der Waals surface area (Å²) in [5, 5.41) is 4.18. The van der Waals surface area contributed by atoms with Gasteiger partial charge in [0.25, 0.3) is 0 Å². The topological polar surface area (TPSA) is 37.5 Å². The Morgan fingerprint density at radius 2 is 1.59 bits per heavy atom. The number of nitrogens with one attached hydrogen (secondary N) is 1. The third kappa shape index (κ3) is 5.40. The number of rotatable bonds is 6. The maximum absolute atomic E-state index is 5.93. The fraction of sp³-hybridized carbons (Fsp3) is 0.0417. The van der Waals surface area contributed by atoms with E-state index in [9.17, 15) is 0 Å². The molecule has 0 atom stereocenters. The minimum absolute atomic E-state index is 0.706. The summed E-state index contributed by atoms with van der Waals surface area (Å²) in [4.78, 5) is 5.66. The van der Waals surface area contributed by atoms with Gasteiger partial charge in [0.15, 0.2) is 5.09 Å². The van der Waals surface area contributed by atoms with Gasteiger partial charge in [-0.05, 0) is 71.4 Å². The summed E-state index contributed by atoms with van der Waals surface area (Å²) in [5.74, 6) is 0.706. The number of aryl methyl sites for hydroxylation is 1. The first-order valence-electron chi connectivity index (χ1n) is 9.16. The summed E-state index contributed by atoms with van der Waals surface area (Å²) in [6.45, 7) is 2.08. The standard InChI is InChI=1S/C24H19BrN2OS/c1-17-7-13-22(14-8-17)29-24-23(25)15-21(28-24)16-26-18-9-11-20(12-10-18)27-19-5-3-2-4-6-19/h2-16,27H,1H3. The molecule has 0 saturated heterocycles. The summed E-state index contributed by atoms with van der Waals surface area (Å²) in [5.41, 5.74) is 4.19. The highest BCUT2D eigenvalue weighted by Gasteiger charge is 2.09. The number of benzene rings is 3.